The number of hydrogen-bond donors (Lipinski definition) is 2. The van der Waals surface area contributed by atoms with Crippen LogP contribution in [0.25, 0.3) is 0 Å². The summed E-state index contributed by atoms with van der Waals surface area (Å²) in [7, 11) is 0. The van der Waals surface area contributed by atoms with Crippen LogP contribution < -0.4 is 15.8 Å². The van der Waals surface area contributed by atoms with Crippen LogP contribution in [-0.4, -0.2) is 29.2 Å². The van der Waals surface area contributed by atoms with Crippen molar-refractivity contribution in [1.29, 1.82) is 0 Å². The largest absolute Gasteiger partial charge is 0.491 e. The molecule has 126 valence electrons. The highest BCUT2D eigenvalue weighted by Gasteiger charge is 2.02. The van der Waals surface area contributed by atoms with Crippen LogP contribution >= 0.6 is 0 Å². The van der Waals surface area contributed by atoms with Crippen molar-refractivity contribution in [2.45, 2.75) is 39.2 Å². The Hall–Kier alpha value is -2.01. The number of ether oxygens (including phenoxy) is 1. The predicted molar refractivity (Wildman–Crippen MR) is 94.7 cm³/mol. The molecule has 3 N–H and O–H groups in total. The van der Waals surface area contributed by atoms with Gasteiger partial charge in [0.2, 0.25) is 0 Å². The van der Waals surface area contributed by atoms with Gasteiger partial charge < -0.3 is 20.4 Å². The standard InChI is InChI=1S/C18H28N4O/c1-2-13-23-18-7-6-16(14-17(18)19)5-3-8-20-9-4-11-22-12-10-21-15-22/h6-7,10,12,14-15,20H,2-5,8-9,11,13,19H2,1H3. The highest BCUT2D eigenvalue weighted by molar-refractivity contribution is 5.54. The number of nitrogens with one attached hydrogen (secondary N) is 1. The van der Waals surface area contributed by atoms with Crippen LogP contribution in [-0.2, 0) is 13.0 Å². The van der Waals surface area contributed by atoms with Gasteiger partial charge in [-0.15, -0.1) is 0 Å². The molecule has 0 aliphatic rings. The molecule has 0 saturated carbocycles. The van der Waals surface area contributed by atoms with Gasteiger partial charge in [0, 0.05) is 18.9 Å². The summed E-state index contributed by atoms with van der Waals surface area (Å²) in [5.74, 6) is 0.799. The van der Waals surface area contributed by atoms with Crippen molar-refractivity contribution in [3.05, 3.63) is 42.5 Å². The number of nitrogens with zero attached hydrogens (tertiary/aromatic N) is 2. The van der Waals surface area contributed by atoms with Crippen LogP contribution in [0.15, 0.2) is 36.9 Å². The van der Waals surface area contributed by atoms with Gasteiger partial charge in [-0.1, -0.05) is 13.0 Å². The van der Waals surface area contributed by atoms with E-state index in [2.05, 4.69) is 27.9 Å². The second kappa shape index (κ2) is 9.90. The Bertz CT molecular complexity index is 554. The normalized spacial score (nSPS) is 10.8. The number of aryl methyl sites for hydroxylation is 2. The second-order valence-electron chi connectivity index (χ2n) is 5.73. The zero-order valence-electron chi connectivity index (χ0n) is 14.0. The maximum absolute atomic E-state index is 6.03. The van der Waals surface area contributed by atoms with E-state index in [0.717, 1.165) is 56.8 Å². The minimum Gasteiger partial charge on any atom is -0.491 e. The third-order valence-electron chi connectivity index (χ3n) is 3.68. The summed E-state index contributed by atoms with van der Waals surface area (Å²) in [4.78, 5) is 4.04. The Morgan fingerprint density at radius 2 is 2.13 bits per heavy atom. The first-order valence-corrected chi connectivity index (χ1v) is 8.47. The van der Waals surface area contributed by atoms with E-state index >= 15 is 0 Å². The monoisotopic (exact) mass is 316 g/mol. The van der Waals surface area contributed by atoms with Gasteiger partial charge in [-0.25, -0.2) is 4.98 Å². The van der Waals surface area contributed by atoms with Gasteiger partial charge in [0.15, 0.2) is 0 Å². The molecule has 0 radical (unpaired) electrons. The minimum atomic E-state index is 0.715. The first kappa shape index (κ1) is 17.3. The molecule has 2 aromatic rings. The third kappa shape index (κ3) is 6.32. The van der Waals surface area contributed by atoms with Crippen molar-refractivity contribution >= 4 is 5.69 Å². The maximum atomic E-state index is 6.03. The fourth-order valence-corrected chi connectivity index (χ4v) is 2.45. The Labute approximate surface area is 138 Å². The zero-order chi connectivity index (χ0) is 16.3. The van der Waals surface area contributed by atoms with E-state index in [4.69, 9.17) is 10.5 Å². The van der Waals surface area contributed by atoms with Crippen LogP contribution in [0.2, 0.25) is 0 Å². The summed E-state index contributed by atoms with van der Waals surface area (Å²) in [6.07, 6.45) is 9.93. The average Bonchev–Trinajstić information content (AvgIpc) is 3.06. The highest BCUT2D eigenvalue weighted by atomic mass is 16.5. The first-order valence-electron chi connectivity index (χ1n) is 8.47. The zero-order valence-corrected chi connectivity index (χ0v) is 14.0. The molecule has 0 bridgehead atoms. The molecule has 1 aromatic heterocycles. The number of aromatic nitrogens is 2. The SMILES string of the molecule is CCCOc1ccc(CCCNCCCn2ccnc2)cc1N. The number of hydrogen-bond acceptors (Lipinski definition) is 4. The Kier molecular flexibility index (Phi) is 7.46. The van der Waals surface area contributed by atoms with Crippen molar-refractivity contribution in [2.75, 3.05) is 25.4 Å². The first-order chi connectivity index (χ1) is 11.3. The van der Waals surface area contributed by atoms with Crippen LogP contribution in [0.5, 0.6) is 5.75 Å². The van der Waals surface area contributed by atoms with E-state index < -0.39 is 0 Å². The molecular formula is C18H28N4O. The number of nitrogens with two attached hydrogens (primary N) is 1. The molecule has 0 unspecified atom stereocenters. The molecule has 0 atom stereocenters. The van der Waals surface area contributed by atoms with Gasteiger partial charge in [-0.3, -0.25) is 0 Å². The molecule has 1 heterocycles. The van der Waals surface area contributed by atoms with Crippen LogP contribution in [0.4, 0.5) is 5.69 Å². The molecule has 0 saturated heterocycles. The summed E-state index contributed by atoms with van der Waals surface area (Å²) < 4.78 is 7.70. The van der Waals surface area contributed by atoms with Crippen molar-refractivity contribution in [2.24, 2.45) is 0 Å². The molecule has 0 amide bonds. The van der Waals surface area contributed by atoms with E-state index in [1.54, 1.807) is 0 Å². The summed E-state index contributed by atoms with van der Waals surface area (Å²) in [5, 5.41) is 3.48. The van der Waals surface area contributed by atoms with E-state index in [0.29, 0.717) is 6.61 Å². The predicted octanol–water partition coefficient (Wildman–Crippen LogP) is 2.87. The van der Waals surface area contributed by atoms with Crippen LogP contribution in [0, 0.1) is 0 Å². The molecule has 1 aromatic carbocycles. The fraction of sp³-hybridized carbons (Fsp3) is 0.500. The lowest BCUT2D eigenvalue weighted by atomic mass is 10.1. The maximum Gasteiger partial charge on any atom is 0.142 e. The van der Waals surface area contributed by atoms with E-state index in [-0.39, 0.29) is 0 Å². The summed E-state index contributed by atoms with van der Waals surface area (Å²) in [6, 6.07) is 6.13. The molecule has 5 heteroatoms. The van der Waals surface area contributed by atoms with Crippen LogP contribution in [0.1, 0.15) is 31.7 Å². The van der Waals surface area contributed by atoms with E-state index in [1.165, 1.54) is 5.56 Å². The van der Waals surface area contributed by atoms with Crippen molar-refractivity contribution in [3.63, 3.8) is 0 Å². The fourth-order valence-electron chi connectivity index (χ4n) is 2.45. The van der Waals surface area contributed by atoms with Gasteiger partial charge >= 0.3 is 0 Å². The Balaban J connectivity index is 1.57. The van der Waals surface area contributed by atoms with E-state index in [1.807, 2.05) is 30.9 Å². The summed E-state index contributed by atoms with van der Waals surface area (Å²) in [6.45, 7) is 5.88. The van der Waals surface area contributed by atoms with Gasteiger partial charge in [-0.2, -0.15) is 0 Å². The molecule has 5 nitrogen and oxygen atoms in total. The molecular weight excluding hydrogens is 288 g/mol. The minimum absolute atomic E-state index is 0.715. The van der Waals surface area contributed by atoms with Crippen LogP contribution in [0.3, 0.4) is 0 Å². The van der Waals surface area contributed by atoms with Gasteiger partial charge in [0.1, 0.15) is 5.75 Å². The highest BCUT2D eigenvalue weighted by Crippen LogP contribution is 2.23. The lowest BCUT2D eigenvalue weighted by Crippen LogP contribution is -2.18. The second-order valence-corrected chi connectivity index (χ2v) is 5.73. The lowest BCUT2D eigenvalue weighted by molar-refractivity contribution is 0.319. The Morgan fingerprint density at radius 3 is 2.87 bits per heavy atom. The number of nitrogen functional groups attached to an aromatic ring is 1. The molecule has 0 fully saturated rings. The molecule has 0 aliphatic heterocycles. The van der Waals surface area contributed by atoms with Crippen molar-refractivity contribution in [1.82, 2.24) is 14.9 Å². The summed E-state index contributed by atoms with van der Waals surface area (Å²) in [5.41, 5.74) is 8.04. The average molecular weight is 316 g/mol. The topological polar surface area (TPSA) is 65.1 Å². The van der Waals surface area contributed by atoms with Crippen molar-refractivity contribution < 1.29 is 4.74 Å². The van der Waals surface area contributed by atoms with Gasteiger partial charge in [0.05, 0.1) is 18.6 Å². The lowest BCUT2D eigenvalue weighted by Gasteiger charge is -2.10. The quantitative estimate of drug-likeness (QED) is 0.494. The number of imidazole rings is 1. The molecule has 23 heavy (non-hydrogen) atoms. The third-order valence-corrected chi connectivity index (χ3v) is 3.68. The Morgan fingerprint density at radius 1 is 1.26 bits per heavy atom. The number of rotatable bonds is 11. The number of benzene rings is 1. The summed E-state index contributed by atoms with van der Waals surface area (Å²) >= 11 is 0. The molecule has 2 rings (SSSR count). The van der Waals surface area contributed by atoms with E-state index in [9.17, 15) is 0 Å². The molecule has 0 spiro atoms. The molecule has 0 aliphatic carbocycles. The van der Waals surface area contributed by atoms with Gasteiger partial charge in [0.25, 0.3) is 0 Å². The smallest absolute Gasteiger partial charge is 0.142 e. The van der Waals surface area contributed by atoms with Gasteiger partial charge in [-0.05, 0) is 56.5 Å². The number of anilines is 1. The van der Waals surface area contributed by atoms with Crippen molar-refractivity contribution in [3.8, 4) is 5.75 Å².